The zero-order chi connectivity index (χ0) is 21.4. The molecule has 0 radical (unpaired) electrons. The standard InChI is InChI=1S/C25H34N2O4/c28-25(21-31-23-5-2-1-3-6-23)11-4-12-27(20-25)19-22-7-9-24(10-8-22)30-18-15-26-13-16-29-17-14-26/h1-3,5-10,28H,4,11-21H2/t25-/m1/s1. The molecule has 2 aliphatic heterocycles. The molecule has 2 fully saturated rings. The second-order valence-electron chi connectivity index (χ2n) is 8.59. The maximum Gasteiger partial charge on any atom is 0.119 e. The molecule has 2 saturated heterocycles. The Balaban J connectivity index is 1.21. The molecule has 2 heterocycles. The van der Waals surface area contributed by atoms with Crippen LogP contribution < -0.4 is 9.47 Å². The number of nitrogens with zero attached hydrogens (tertiary/aromatic N) is 2. The summed E-state index contributed by atoms with van der Waals surface area (Å²) in [6.45, 7) is 8.00. The third-order valence-electron chi connectivity index (χ3n) is 5.99. The number of hydrogen-bond acceptors (Lipinski definition) is 6. The Morgan fingerprint density at radius 3 is 2.39 bits per heavy atom. The summed E-state index contributed by atoms with van der Waals surface area (Å²) in [5, 5.41) is 11.0. The first kappa shape index (κ1) is 22.1. The van der Waals surface area contributed by atoms with Crippen LogP contribution in [0.15, 0.2) is 54.6 Å². The normalized spacial score (nSPS) is 22.9. The van der Waals surface area contributed by atoms with Crippen molar-refractivity contribution in [2.45, 2.75) is 25.0 Å². The van der Waals surface area contributed by atoms with E-state index >= 15 is 0 Å². The van der Waals surface area contributed by atoms with Gasteiger partial charge in [0.15, 0.2) is 0 Å². The summed E-state index contributed by atoms with van der Waals surface area (Å²) in [5.41, 5.74) is 0.421. The molecule has 2 aromatic rings. The SMILES string of the molecule is O[C@]1(COc2ccccc2)CCCN(Cc2ccc(OCCN3CCOCC3)cc2)C1. The molecule has 2 aliphatic rings. The fourth-order valence-electron chi connectivity index (χ4n) is 4.26. The monoisotopic (exact) mass is 426 g/mol. The molecule has 0 unspecified atom stereocenters. The highest BCUT2D eigenvalue weighted by Gasteiger charge is 2.34. The molecule has 0 spiro atoms. The lowest BCUT2D eigenvalue weighted by molar-refractivity contribution is -0.0621. The Morgan fingerprint density at radius 1 is 0.871 bits per heavy atom. The number of para-hydroxylation sites is 1. The van der Waals surface area contributed by atoms with Crippen molar-refractivity contribution in [2.75, 3.05) is 59.2 Å². The molecule has 6 heteroatoms. The fourth-order valence-corrected chi connectivity index (χ4v) is 4.26. The van der Waals surface area contributed by atoms with Crippen molar-refractivity contribution in [3.8, 4) is 11.5 Å². The molecule has 0 saturated carbocycles. The molecule has 2 aromatic carbocycles. The lowest BCUT2D eigenvalue weighted by atomic mass is 9.93. The molecule has 168 valence electrons. The van der Waals surface area contributed by atoms with Crippen LogP contribution >= 0.6 is 0 Å². The minimum absolute atomic E-state index is 0.323. The van der Waals surface area contributed by atoms with E-state index in [1.165, 1.54) is 5.56 Å². The highest BCUT2D eigenvalue weighted by Crippen LogP contribution is 2.24. The number of morpholine rings is 1. The molecule has 4 rings (SSSR count). The van der Waals surface area contributed by atoms with E-state index in [2.05, 4.69) is 21.9 Å². The van der Waals surface area contributed by atoms with Crippen molar-refractivity contribution in [1.29, 1.82) is 0 Å². The van der Waals surface area contributed by atoms with E-state index in [1.54, 1.807) is 0 Å². The van der Waals surface area contributed by atoms with E-state index in [9.17, 15) is 5.11 Å². The van der Waals surface area contributed by atoms with Crippen molar-refractivity contribution >= 4 is 0 Å². The number of β-amino-alcohol motifs (C(OH)–C–C–N with tert-alkyl or cyclic N) is 1. The van der Waals surface area contributed by atoms with Crippen molar-refractivity contribution in [3.63, 3.8) is 0 Å². The second kappa shape index (κ2) is 11.0. The Hall–Kier alpha value is -2.12. The summed E-state index contributed by atoms with van der Waals surface area (Å²) in [4.78, 5) is 4.68. The van der Waals surface area contributed by atoms with Crippen LogP contribution in [0.1, 0.15) is 18.4 Å². The molecule has 1 N–H and O–H groups in total. The maximum atomic E-state index is 11.0. The summed E-state index contributed by atoms with van der Waals surface area (Å²) in [6, 6.07) is 18.0. The van der Waals surface area contributed by atoms with E-state index in [-0.39, 0.29) is 0 Å². The quantitative estimate of drug-likeness (QED) is 0.666. The average molecular weight is 427 g/mol. The number of ether oxygens (including phenoxy) is 3. The van der Waals surface area contributed by atoms with E-state index in [0.29, 0.717) is 19.8 Å². The van der Waals surface area contributed by atoms with Crippen LogP contribution in [0.4, 0.5) is 0 Å². The van der Waals surface area contributed by atoms with Crippen molar-refractivity contribution in [1.82, 2.24) is 9.80 Å². The van der Waals surface area contributed by atoms with Crippen LogP contribution in [0, 0.1) is 0 Å². The van der Waals surface area contributed by atoms with Crippen LogP contribution in [0.2, 0.25) is 0 Å². The van der Waals surface area contributed by atoms with Gasteiger partial charge in [0.25, 0.3) is 0 Å². The number of piperidine rings is 1. The van der Waals surface area contributed by atoms with Gasteiger partial charge in [-0.25, -0.2) is 0 Å². The minimum Gasteiger partial charge on any atom is -0.492 e. The van der Waals surface area contributed by atoms with Gasteiger partial charge in [0.1, 0.15) is 30.3 Å². The third-order valence-corrected chi connectivity index (χ3v) is 5.99. The van der Waals surface area contributed by atoms with E-state index in [4.69, 9.17) is 14.2 Å². The van der Waals surface area contributed by atoms with Crippen LogP contribution in [0.3, 0.4) is 0 Å². The Morgan fingerprint density at radius 2 is 1.61 bits per heavy atom. The van der Waals surface area contributed by atoms with Gasteiger partial charge in [-0.2, -0.15) is 0 Å². The van der Waals surface area contributed by atoms with Crippen molar-refractivity contribution in [2.24, 2.45) is 0 Å². The highest BCUT2D eigenvalue weighted by molar-refractivity contribution is 5.27. The van der Waals surface area contributed by atoms with Gasteiger partial charge in [0.05, 0.1) is 13.2 Å². The van der Waals surface area contributed by atoms with Gasteiger partial charge in [-0.1, -0.05) is 30.3 Å². The summed E-state index contributed by atoms with van der Waals surface area (Å²) >= 11 is 0. The molecule has 0 aliphatic carbocycles. The van der Waals surface area contributed by atoms with Crippen LogP contribution in [-0.2, 0) is 11.3 Å². The highest BCUT2D eigenvalue weighted by atomic mass is 16.5. The maximum absolute atomic E-state index is 11.0. The number of likely N-dealkylation sites (tertiary alicyclic amines) is 1. The number of hydrogen-bond donors (Lipinski definition) is 1. The van der Waals surface area contributed by atoms with Crippen molar-refractivity contribution in [3.05, 3.63) is 60.2 Å². The summed E-state index contributed by atoms with van der Waals surface area (Å²) in [5.74, 6) is 1.71. The Kier molecular flexibility index (Phi) is 7.81. The van der Waals surface area contributed by atoms with Crippen molar-refractivity contribution < 1.29 is 19.3 Å². The lowest BCUT2D eigenvalue weighted by Crippen LogP contribution is -2.51. The van der Waals surface area contributed by atoms with Gasteiger partial charge in [-0.3, -0.25) is 9.80 Å². The zero-order valence-corrected chi connectivity index (χ0v) is 18.2. The lowest BCUT2D eigenvalue weighted by Gasteiger charge is -2.39. The first-order valence-corrected chi connectivity index (χ1v) is 11.3. The van der Waals surface area contributed by atoms with Gasteiger partial charge in [0, 0.05) is 32.7 Å². The summed E-state index contributed by atoms with van der Waals surface area (Å²) < 4.78 is 17.1. The number of rotatable bonds is 9. The van der Waals surface area contributed by atoms with E-state index in [0.717, 1.165) is 70.3 Å². The molecule has 0 amide bonds. The predicted molar refractivity (Wildman–Crippen MR) is 121 cm³/mol. The van der Waals surface area contributed by atoms with Crippen LogP contribution in [-0.4, -0.2) is 79.7 Å². The Bertz CT molecular complexity index is 780. The van der Waals surface area contributed by atoms with E-state index < -0.39 is 5.60 Å². The Labute approximate surface area is 185 Å². The second-order valence-corrected chi connectivity index (χ2v) is 8.59. The molecular weight excluding hydrogens is 392 g/mol. The smallest absolute Gasteiger partial charge is 0.119 e. The van der Waals surface area contributed by atoms with Gasteiger partial charge in [-0.05, 0) is 49.2 Å². The first-order chi connectivity index (χ1) is 15.2. The zero-order valence-electron chi connectivity index (χ0n) is 18.2. The molecule has 0 bridgehead atoms. The van der Waals surface area contributed by atoms with E-state index in [1.807, 2.05) is 42.5 Å². The number of aliphatic hydroxyl groups is 1. The van der Waals surface area contributed by atoms with Gasteiger partial charge >= 0.3 is 0 Å². The predicted octanol–water partition coefficient (Wildman–Crippen LogP) is 2.80. The minimum atomic E-state index is -0.809. The third kappa shape index (κ3) is 6.94. The first-order valence-electron chi connectivity index (χ1n) is 11.3. The van der Waals surface area contributed by atoms with Crippen LogP contribution in [0.25, 0.3) is 0 Å². The summed E-state index contributed by atoms with van der Waals surface area (Å²) in [6.07, 6.45) is 1.74. The van der Waals surface area contributed by atoms with Crippen LogP contribution in [0.5, 0.6) is 11.5 Å². The molecule has 31 heavy (non-hydrogen) atoms. The molecule has 6 nitrogen and oxygen atoms in total. The fraction of sp³-hybridized carbons (Fsp3) is 0.520. The average Bonchev–Trinajstić information content (AvgIpc) is 2.81. The van der Waals surface area contributed by atoms with Gasteiger partial charge < -0.3 is 19.3 Å². The molecule has 0 aromatic heterocycles. The van der Waals surface area contributed by atoms with Gasteiger partial charge in [-0.15, -0.1) is 0 Å². The topological polar surface area (TPSA) is 54.4 Å². The van der Waals surface area contributed by atoms with Gasteiger partial charge in [0.2, 0.25) is 0 Å². The largest absolute Gasteiger partial charge is 0.492 e. The number of benzene rings is 2. The summed E-state index contributed by atoms with van der Waals surface area (Å²) in [7, 11) is 0. The molecule has 1 atom stereocenters. The molecular formula is C25H34N2O4.